The Hall–Kier alpha value is -1.71. The SMILES string of the molecule is CCCCNC(=O)c1ccc(OCCCC)c(OCCCC)c1. The molecule has 0 fully saturated rings. The molecule has 0 atom stereocenters. The predicted octanol–water partition coefficient (Wildman–Crippen LogP) is 4.57. The quantitative estimate of drug-likeness (QED) is 0.573. The first-order valence-corrected chi connectivity index (χ1v) is 8.90. The molecular formula is C19H31NO3. The molecule has 1 aromatic carbocycles. The lowest BCUT2D eigenvalue weighted by Crippen LogP contribution is -2.24. The van der Waals surface area contributed by atoms with Crippen molar-refractivity contribution in [3.8, 4) is 11.5 Å². The molecule has 0 spiro atoms. The number of amides is 1. The van der Waals surface area contributed by atoms with E-state index in [1.165, 1.54) is 0 Å². The first-order chi connectivity index (χ1) is 11.2. The van der Waals surface area contributed by atoms with Crippen LogP contribution in [0, 0.1) is 0 Å². The number of rotatable bonds is 12. The van der Waals surface area contributed by atoms with Crippen LogP contribution in [0.25, 0.3) is 0 Å². The largest absolute Gasteiger partial charge is 0.490 e. The van der Waals surface area contributed by atoms with Crippen LogP contribution < -0.4 is 14.8 Å². The lowest BCUT2D eigenvalue weighted by Gasteiger charge is -2.14. The summed E-state index contributed by atoms with van der Waals surface area (Å²) in [4.78, 5) is 12.2. The Morgan fingerprint density at radius 1 is 0.913 bits per heavy atom. The van der Waals surface area contributed by atoms with Crippen LogP contribution in [-0.2, 0) is 0 Å². The second-order valence-corrected chi connectivity index (χ2v) is 5.67. The zero-order valence-electron chi connectivity index (χ0n) is 14.8. The number of carbonyl (C=O) groups excluding carboxylic acids is 1. The monoisotopic (exact) mass is 321 g/mol. The number of hydrogen-bond donors (Lipinski definition) is 1. The minimum atomic E-state index is -0.0566. The third kappa shape index (κ3) is 7.40. The van der Waals surface area contributed by atoms with E-state index in [9.17, 15) is 4.79 Å². The molecule has 4 heteroatoms. The number of nitrogens with one attached hydrogen (secondary N) is 1. The van der Waals surface area contributed by atoms with Gasteiger partial charge in [-0.1, -0.05) is 40.0 Å². The minimum absolute atomic E-state index is 0.0566. The molecular weight excluding hydrogens is 290 g/mol. The summed E-state index contributed by atoms with van der Waals surface area (Å²) in [7, 11) is 0. The molecule has 130 valence electrons. The molecule has 0 radical (unpaired) electrons. The number of carbonyl (C=O) groups is 1. The van der Waals surface area contributed by atoms with E-state index in [1.807, 2.05) is 6.07 Å². The molecule has 23 heavy (non-hydrogen) atoms. The van der Waals surface area contributed by atoms with Gasteiger partial charge in [0.1, 0.15) is 0 Å². The van der Waals surface area contributed by atoms with Gasteiger partial charge in [-0.05, 0) is 37.5 Å². The topological polar surface area (TPSA) is 47.6 Å². The molecule has 1 amide bonds. The highest BCUT2D eigenvalue weighted by molar-refractivity contribution is 5.94. The zero-order valence-corrected chi connectivity index (χ0v) is 14.8. The van der Waals surface area contributed by atoms with Crippen molar-refractivity contribution in [2.45, 2.75) is 59.3 Å². The van der Waals surface area contributed by atoms with Gasteiger partial charge < -0.3 is 14.8 Å². The molecule has 1 N–H and O–H groups in total. The Labute approximate surface area is 140 Å². The fourth-order valence-electron chi connectivity index (χ4n) is 2.02. The lowest BCUT2D eigenvalue weighted by atomic mass is 10.2. The summed E-state index contributed by atoms with van der Waals surface area (Å²) in [6.07, 6.45) is 6.21. The normalized spacial score (nSPS) is 10.4. The van der Waals surface area contributed by atoms with Crippen molar-refractivity contribution < 1.29 is 14.3 Å². The maximum absolute atomic E-state index is 12.2. The van der Waals surface area contributed by atoms with Gasteiger partial charge in [-0.25, -0.2) is 0 Å². The standard InChI is InChI=1S/C19H31NO3/c1-4-7-12-20-19(21)16-10-11-17(22-13-8-5-2)18(15-16)23-14-9-6-3/h10-11,15H,4-9,12-14H2,1-3H3,(H,20,21). The first kappa shape index (κ1) is 19.3. The summed E-state index contributed by atoms with van der Waals surface area (Å²) in [6, 6.07) is 5.43. The summed E-state index contributed by atoms with van der Waals surface area (Å²) in [6.45, 7) is 8.37. The predicted molar refractivity (Wildman–Crippen MR) is 94.5 cm³/mol. The molecule has 0 saturated carbocycles. The van der Waals surface area contributed by atoms with Crippen molar-refractivity contribution >= 4 is 5.91 Å². The summed E-state index contributed by atoms with van der Waals surface area (Å²) in [5, 5.41) is 2.93. The Bertz CT molecular complexity index is 460. The fourth-order valence-corrected chi connectivity index (χ4v) is 2.02. The molecule has 0 bridgehead atoms. The van der Waals surface area contributed by atoms with E-state index in [1.54, 1.807) is 12.1 Å². The van der Waals surface area contributed by atoms with Gasteiger partial charge in [-0.3, -0.25) is 4.79 Å². The Balaban J connectivity index is 2.76. The van der Waals surface area contributed by atoms with Crippen LogP contribution in [-0.4, -0.2) is 25.7 Å². The Morgan fingerprint density at radius 3 is 2.13 bits per heavy atom. The number of hydrogen-bond acceptors (Lipinski definition) is 3. The third-order valence-electron chi connectivity index (χ3n) is 3.53. The second kappa shape index (κ2) is 11.8. The molecule has 4 nitrogen and oxygen atoms in total. The zero-order chi connectivity index (χ0) is 16.9. The number of unbranched alkanes of at least 4 members (excludes halogenated alkanes) is 3. The molecule has 1 aromatic rings. The highest BCUT2D eigenvalue weighted by atomic mass is 16.5. The van der Waals surface area contributed by atoms with Crippen molar-refractivity contribution in [1.82, 2.24) is 5.32 Å². The van der Waals surface area contributed by atoms with Crippen LogP contribution in [0.15, 0.2) is 18.2 Å². The Kier molecular flexibility index (Phi) is 9.92. The second-order valence-electron chi connectivity index (χ2n) is 5.67. The number of benzene rings is 1. The van der Waals surface area contributed by atoms with Gasteiger partial charge in [-0.15, -0.1) is 0 Å². The molecule has 0 saturated heterocycles. The molecule has 0 aliphatic rings. The molecule has 0 aliphatic carbocycles. The van der Waals surface area contributed by atoms with Gasteiger partial charge in [0.05, 0.1) is 13.2 Å². The van der Waals surface area contributed by atoms with Crippen molar-refractivity contribution in [3.05, 3.63) is 23.8 Å². The van der Waals surface area contributed by atoms with Gasteiger partial charge in [0.25, 0.3) is 5.91 Å². The average Bonchev–Trinajstić information content (AvgIpc) is 2.56. The van der Waals surface area contributed by atoms with E-state index in [2.05, 4.69) is 26.1 Å². The maximum atomic E-state index is 12.2. The smallest absolute Gasteiger partial charge is 0.251 e. The summed E-state index contributed by atoms with van der Waals surface area (Å²) in [5.41, 5.74) is 0.621. The highest BCUT2D eigenvalue weighted by Gasteiger charge is 2.11. The maximum Gasteiger partial charge on any atom is 0.251 e. The van der Waals surface area contributed by atoms with Crippen LogP contribution >= 0.6 is 0 Å². The van der Waals surface area contributed by atoms with Crippen molar-refractivity contribution in [1.29, 1.82) is 0 Å². The first-order valence-electron chi connectivity index (χ1n) is 8.90. The number of ether oxygens (including phenoxy) is 2. The van der Waals surface area contributed by atoms with Gasteiger partial charge in [0, 0.05) is 12.1 Å². The van der Waals surface area contributed by atoms with Gasteiger partial charge >= 0.3 is 0 Å². The van der Waals surface area contributed by atoms with Crippen LogP contribution in [0.4, 0.5) is 0 Å². The summed E-state index contributed by atoms with van der Waals surface area (Å²) >= 11 is 0. The van der Waals surface area contributed by atoms with E-state index in [-0.39, 0.29) is 5.91 Å². The average molecular weight is 321 g/mol. The van der Waals surface area contributed by atoms with Gasteiger partial charge in [0.2, 0.25) is 0 Å². The summed E-state index contributed by atoms with van der Waals surface area (Å²) in [5.74, 6) is 1.33. The lowest BCUT2D eigenvalue weighted by molar-refractivity contribution is 0.0952. The summed E-state index contributed by atoms with van der Waals surface area (Å²) < 4.78 is 11.6. The van der Waals surface area contributed by atoms with Crippen molar-refractivity contribution in [2.75, 3.05) is 19.8 Å². The van der Waals surface area contributed by atoms with Gasteiger partial charge in [-0.2, -0.15) is 0 Å². The Morgan fingerprint density at radius 2 is 1.52 bits per heavy atom. The molecule has 0 aliphatic heterocycles. The van der Waals surface area contributed by atoms with E-state index in [0.717, 1.165) is 44.3 Å². The third-order valence-corrected chi connectivity index (χ3v) is 3.53. The van der Waals surface area contributed by atoms with E-state index in [4.69, 9.17) is 9.47 Å². The van der Waals surface area contributed by atoms with Crippen LogP contribution in [0.3, 0.4) is 0 Å². The molecule has 1 rings (SSSR count). The minimum Gasteiger partial charge on any atom is -0.490 e. The van der Waals surface area contributed by atoms with Crippen LogP contribution in [0.2, 0.25) is 0 Å². The highest BCUT2D eigenvalue weighted by Crippen LogP contribution is 2.29. The molecule has 0 aromatic heterocycles. The van der Waals surface area contributed by atoms with Gasteiger partial charge in [0.15, 0.2) is 11.5 Å². The van der Waals surface area contributed by atoms with E-state index in [0.29, 0.717) is 31.1 Å². The van der Waals surface area contributed by atoms with E-state index < -0.39 is 0 Å². The molecule has 0 unspecified atom stereocenters. The molecule has 0 heterocycles. The van der Waals surface area contributed by atoms with E-state index >= 15 is 0 Å². The van der Waals surface area contributed by atoms with Crippen LogP contribution in [0.1, 0.15) is 69.7 Å². The van der Waals surface area contributed by atoms with Crippen molar-refractivity contribution in [2.24, 2.45) is 0 Å². The van der Waals surface area contributed by atoms with Crippen LogP contribution in [0.5, 0.6) is 11.5 Å². The van der Waals surface area contributed by atoms with Crippen molar-refractivity contribution in [3.63, 3.8) is 0 Å². The fraction of sp³-hybridized carbons (Fsp3) is 0.632.